The van der Waals surface area contributed by atoms with Crippen LogP contribution in [0.4, 0.5) is 0 Å². The van der Waals surface area contributed by atoms with Crippen LogP contribution >= 0.6 is 0 Å². The van der Waals surface area contributed by atoms with Crippen LogP contribution in [-0.2, 0) is 6.42 Å². The van der Waals surface area contributed by atoms with Gasteiger partial charge in [-0.1, -0.05) is 24.3 Å². The molecule has 21 heavy (non-hydrogen) atoms. The van der Waals surface area contributed by atoms with E-state index in [9.17, 15) is 0 Å². The number of aryl methyl sites for hydroxylation is 1. The van der Waals surface area contributed by atoms with Gasteiger partial charge in [-0.15, -0.1) is 0 Å². The Kier molecular flexibility index (Phi) is 3.93. The summed E-state index contributed by atoms with van der Waals surface area (Å²) in [4.78, 5) is 0. The standard InChI is InChI=1S/C18H18O3/c1-20-15-9-8-14-11-18(21-17(14)12-15)16-7-3-2-5-13(16)6-4-10-19/h2-3,5,7-9,11-12,19H,4,6,10H2,1H3. The van der Waals surface area contributed by atoms with Gasteiger partial charge in [0.2, 0.25) is 0 Å². The van der Waals surface area contributed by atoms with Gasteiger partial charge in [-0.3, -0.25) is 0 Å². The molecule has 3 nitrogen and oxygen atoms in total. The van der Waals surface area contributed by atoms with Crippen molar-refractivity contribution in [3.05, 3.63) is 54.1 Å². The second-order valence-electron chi connectivity index (χ2n) is 5.00. The van der Waals surface area contributed by atoms with Gasteiger partial charge in [0.1, 0.15) is 17.1 Å². The molecule has 0 amide bonds. The maximum Gasteiger partial charge on any atom is 0.138 e. The molecule has 3 heteroatoms. The summed E-state index contributed by atoms with van der Waals surface area (Å²) in [7, 11) is 1.65. The second kappa shape index (κ2) is 6.02. The van der Waals surface area contributed by atoms with Crippen LogP contribution in [0.25, 0.3) is 22.3 Å². The minimum Gasteiger partial charge on any atom is -0.497 e. The van der Waals surface area contributed by atoms with Crippen LogP contribution in [0, 0.1) is 0 Å². The van der Waals surface area contributed by atoms with Crippen LogP contribution in [0.15, 0.2) is 52.9 Å². The third kappa shape index (κ3) is 2.78. The van der Waals surface area contributed by atoms with Crippen LogP contribution in [0.5, 0.6) is 5.75 Å². The maximum atomic E-state index is 9.02. The molecule has 0 fully saturated rings. The predicted molar refractivity (Wildman–Crippen MR) is 83.6 cm³/mol. The van der Waals surface area contributed by atoms with E-state index in [1.807, 2.05) is 36.4 Å². The smallest absolute Gasteiger partial charge is 0.138 e. The number of fused-ring (bicyclic) bond motifs is 1. The van der Waals surface area contributed by atoms with Crippen LogP contribution in [0.3, 0.4) is 0 Å². The molecule has 0 saturated carbocycles. The molecule has 0 spiro atoms. The van der Waals surface area contributed by atoms with E-state index in [1.165, 1.54) is 5.56 Å². The molecule has 2 aromatic carbocycles. The summed E-state index contributed by atoms with van der Waals surface area (Å²) >= 11 is 0. The number of rotatable bonds is 5. The molecular formula is C18H18O3. The summed E-state index contributed by atoms with van der Waals surface area (Å²) in [5.41, 5.74) is 3.10. The van der Waals surface area contributed by atoms with Gasteiger partial charge in [0.25, 0.3) is 0 Å². The van der Waals surface area contributed by atoms with Crippen LogP contribution in [-0.4, -0.2) is 18.8 Å². The van der Waals surface area contributed by atoms with Gasteiger partial charge in [0, 0.05) is 23.6 Å². The van der Waals surface area contributed by atoms with Crippen molar-refractivity contribution in [1.29, 1.82) is 0 Å². The van der Waals surface area contributed by atoms with Gasteiger partial charge in [0.05, 0.1) is 7.11 Å². The minimum atomic E-state index is 0.200. The molecule has 0 atom stereocenters. The number of ether oxygens (including phenoxy) is 1. The first-order chi connectivity index (χ1) is 10.3. The van der Waals surface area contributed by atoms with Crippen molar-refractivity contribution in [3.8, 4) is 17.1 Å². The first-order valence-electron chi connectivity index (χ1n) is 7.08. The van der Waals surface area contributed by atoms with Gasteiger partial charge < -0.3 is 14.3 Å². The zero-order valence-corrected chi connectivity index (χ0v) is 12.0. The summed E-state index contributed by atoms with van der Waals surface area (Å²) in [5.74, 6) is 1.64. The topological polar surface area (TPSA) is 42.6 Å². The van der Waals surface area contributed by atoms with E-state index >= 15 is 0 Å². The summed E-state index contributed by atoms with van der Waals surface area (Å²) in [6.45, 7) is 0.200. The molecule has 0 bridgehead atoms. The van der Waals surface area contributed by atoms with E-state index in [-0.39, 0.29) is 6.61 Å². The van der Waals surface area contributed by atoms with Crippen molar-refractivity contribution >= 4 is 11.0 Å². The Labute approximate surface area is 123 Å². The zero-order valence-electron chi connectivity index (χ0n) is 12.0. The Hall–Kier alpha value is -2.26. The quantitative estimate of drug-likeness (QED) is 0.768. The molecule has 1 N–H and O–H groups in total. The molecule has 108 valence electrons. The highest BCUT2D eigenvalue weighted by Gasteiger charge is 2.10. The Morgan fingerprint density at radius 3 is 2.76 bits per heavy atom. The van der Waals surface area contributed by atoms with E-state index in [0.29, 0.717) is 0 Å². The largest absolute Gasteiger partial charge is 0.497 e. The highest BCUT2D eigenvalue weighted by atomic mass is 16.5. The number of hydrogen-bond donors (Lipinski definition) is 1. The van der Waals surface area contributed by atoms with Crippen LogP contribution < -0.4 is 4.74 Å². The fraction of sp³-hybridized carbons (Fsp3) is 0.222. The molecular weight excluding hydrogens is 264 g/mol. The van der Waals surface area contributed by atoms with E-state index in [4.69, 9.17) is 14.3 Å². The lowest BCUT2D eigenvalue weighted by Gasteiger charge is -2.06. The van der Waals surface area contributed by atoms with Crippen molar-refractivity contribution in [2.75, 3.05) is 13.7 Å². The Balaban J connectivity index is 2.03. The number of aliphatic hydroxyl groups excluding tert-OH is 1. The van der Waals surface area contributed by atoms with Crippen molar-refractivity contribution < 1.29 is 14.3 Å². The van der Waals surface area contributed by atoms with Gasteiger partial charge >= 0.3 is 0 Å². The summed E-state index contributed by atoms with van der Waals surface area (Å²) in [6.07, 6.45) is 1.60. The molecule has 0 aliphatic rings. The summed E-state index contributed by atoms with van der Waals surface area (Å²) in [5, 5.41) is 10.1. The third-order valence-corrected chi connectivity index (χ3v) is 3.61. The molecule has 1 aromatic heterocycles. The number of methoxy groups -OCH3 is 1. The number of furan rings is 1. The first-order valence-corrected chi connectivity index (χ1v) is 7.08. The molecule has 0 unspecified atom stereocenters. The predicted octanol–water partition coefficient (Wildman–Crippen LogP) is 4.03. The highest BCUT2D eigenvalue weighted by molar-refractivity contribution is 5.84. The molecule has 0 aliphatic carbocycles. The van der Waals surface area contributed by atoms with Crippen molar-refractivity contribution in [2.45, 2.75) is 12.8 Å². The molecule has 3 rings (SSSR count). The Bertz CT molecular complexity index is 743. The number of benzene rings is 2. The van der Waals surface area contributed by atoms with Crippen molar-refractivity contribution in [2.24, 2.45) is 0 Å². The molecule has 0 aliphatic heterocycles. The monoisotopic (exact) mass is 282 g/mol. The summed E-state index contributed by atoms with van der Waals surface area (Å²) in [6, 6.07) is 16.0. The molecule has 0 saturated heterocycles. The maximum absolute atomic E-state index is 9.02. The van der Waals surface area contributed by atoms with Gasteiger partial charge in [0.15, 0.2) is 0 Å². The third-order valence-electron chi connectivity index (χ3n) is 3.61. The lowest BCUT2D eigenvalue weighted by atomic mass is 10.0. The zero-order chi connectivity index (χ0) is 14.7. The first kappa shape index (κ1) is 13.7. The average molecular weight is 282 g/mol. The SMILES string of the molecule is COc1ccc2cc(-c3ccccc3CCCO)oc2c1. The summed E-state index contributed by atoms with van der Waals surface area (Å²) < 4.78 is 11.2. The lowest BCUT2D eigenvalue weighted by molar-refractivity contribution is 0.288. The molecule has 0 radical (unpaired) electrons. The van der Waals surface area contributed by atoms with Crippen molar-refractivity contribution in [3.63, 3.8) is 0 Å². The van der Waals surface area contributed by atoms with Gasteiger partial charge in [-0.2, -0.15) is 0 Å². The fourth-order valence-electron chi connectivity index (χ4n) is 2.52. The van der Waals surface area contributed by atoms with E-state index in [1.54, 1.807) is 7.11 Å². The van der Waals surface area contributed by atoms with E-state index in [2.05, 4.69) is 12.1 Å². The highest BCUT2D eigenvalue weighted by Crippen LogP contribution is 2.32. The minimum absolute atomic E-state index is 0.200. The van der Waals surface area contributed by atoms with E-state index in [0.717, 1.165) is 40.9 Å². The Morgan fingerprint density at radius 2 is 1.95 bits per heavy atom. The number of aliphatic hydroxyl groups is 1. The van der Waals surface area contributed by atoms with Crippen molar-refractivity contribution in [1.82, 2.24) is 0 Å². The van der Waals surface area contributed by atoms with Crippen LogP contribution in [0.2, 0.25) is 0 Å². The Morgan fingerprint density at radius 1 is 1.10 bits per heavy atom. The normalized spacial score (nSPS) is 11.0. The van der Waals surface area contributed by atoms with Crippen LogP contribution in [0.1, 0.15) is 12.0 Å². The average Bonchev–Trinajstić information content (AvgIpc) is 2.95. The number of hydrogen-bond acceptors (Lipinski definition) is 3. The molecule has 1 heterocycles. The van der Waals surface area contributed by atoms with Gasteiger partial charge in [-0.05, 0) is 36.6 Å². The fourth-order valence-corrected chi connectivity index (χ4v) is 2.52. The van der Waals surface area contributed by atoms with Gasteiger partial charge in [-0.25, -0.2) is 0 Å². The second-order valence-corrected chi connectivity index (χ2v) is 5.00. The lowest BCUT2D eigenvalue weighted by Crippen LogP contribution is -1.92. The van der Waals surface area contributed by atoms with E-state index < -0.39 is 0 Å². The molecule has 3 aromatic rings.